The Hall–Kier alpha value is -0.980. The van der Waals surface area contributed by atoms with E-state index in [1.54, 1.807) is 0 Å². The molecule has 0 spiro atoms. The Morgan fingerprint density at radius 2 is 2.00 bits per heavy atom. The molecule has 1 nitrogen and oxygen atoms in total. The molecule has 1 heterocycles. The van der Waals surface area contributed by atoms with Crippen LogP contribution in [-0.4, -0.2) is 6.54 Å². The number of benzene rings is 1. The maximum absolute atomic E-state index is 3.50. The van der Waals surface area contributed by atoms with Gasteiger partial charge in [-0.25, -0.2) is 0 Å². The average Bonchev–Trinajstić information content (AvgIpc) is 2.28. The quantitative estimate of drug-likeness (QED) is 0.787. The second-order valence-electron chi connectivity index (χ2n) is 6.45. The molecule has 94 valence electrons. The van der Waals surface area contributed by atoms with Gasteiger partial charge in [0, 0.05) is 12.2 Å². The van der Waals surface area contributed by atoms with Crippen LogP contribution >= 0.6 is 0 Å². The lowest BCUT2D eigenvalue weighted by Crippen LogP contribution is -2.17. The van der Waals surface area contributed by atoms with Crippen molar-refractivity contribution in [1.82, 2.24) is 0 Å². The normalized spacial score (nSPS) is 19.6. The number of fused-ring (bicyclic) bond motifs is 1. The van der Waals surface area contributed by atoms with Crippen LogP contribution in [0.2, 0.25) is 0 Å². The molecule has 1 aliphatic heterocycles. The summed E-state index contributed by atoms with van der Waals surface area (Å²) < 4.78 is 0. The van der Waals surface area contributed by atoms with Gasteiger partial charge >= 0.3 is 0 Å². The lowest BCUT2D eigenvalue weighted by Gasteiger charge is -2.27. The first kappa shape index (κ1) is 12.5. The molecule has 1 atom stereocenters. The minimum atomic E-state index is 0.479. The number of rotatable bonds is 3. The minimum absolute atomic E-state index is 0.479. The first-order chi connectivity index (χ1) is 8.06. The lowest BCUT2D eigenvalue weighted by molar-refractivity contribution is 0.350. The summed E-state index contributed by atoms with van der Waals surface area (Å²) in [5, 5.41) is 3.50. The summed E-state index contributed by atoms with van der Waals surface area (Å²) in [4.78, 5) is 0. The third-order valence-electron chi connectivity index (χ3n) is 3.69. The first-order valence-electron chi connectivity index (χ1n) is 6.89. The lowest BCUT2D eigenvalue weighted by atomic mass is 9.83. The summed E-state index contributed by atoms with van der Waals surface area (Å²) in [5.74, 6) is 0.773. The molecule has 0 bridgehead atoms. The second-order valence-corrected chi connectivity index (χ2v) is 6.45. The van der Waals surface area contributed by atoms with Gasteiger partial charge < -0.3 is 5.32 Å². The molecule has 0 aliphatic carbocycles. The summed E-state index contributed by atoms with van der Waals surface area (Å²) in [6, 6.07) is 8.81. The van der Waals surface area contributed by atoms with Crippen LogP contribution in [0.4, 0.5) is 5.69 Å². The number of hydrogen-bond acceptors (Lipinski definition) is 1. The minimum Gasteiger partial charge on any atom is -0.385 e. The van der Waals surface area contributed by atoms with Crippen LogP contribution in [0.3, 0.4) is 0 Å². The highest BCUT2D eigenvalue weighted by atomic mass is 14.9. The summed E-state index contributed by atoms with van der Waals surface area (Å²) in [5.41, 5.74) is 3.37. The third-order valence-corrected chi connectivity index (χ3v) is 3.69. The molecule has 17 heavy (non-hydrogen) atoms. The Bertz CT molecular complexity index is 362. The molecule has 0 saturated carbocycles. The summed E-state index contributed by atoms with van der Waals surface area (Å²) in [6.45, 7) is 8.15. The number of nitrogens with one attached hydrogen (secondary N) is 1. The predicted octanol–water partition coefficient (Wildman–Crippen LogP) is 4.80. The maximum Gasteiger partial charge on any atom is 0.0375 e. The average molecular weight is 231 g/mol. The van der Waals surface area contributed by atoms with Crippen LogP contribution in [0.5, 0.6) is 0 Å². The first-order valence-corrected chi connectivity index (χ1v) is 6.89. The van der Waals surface area contributed by atoms with Crippen molar-refractivity contribution in [3.8, 4) is 0 Å². The maximum atomic E-state index is 3.50. The number of para-hydroxylation sites is 1. The Morgan fingerprint density at radius 1 is 1.24 bits per heavy atom. The molecular weight excluding hydrogens is 206 g/mol. The van der Waals surface area contributed by atoms with Crippen molar-refractivity contribution in [2.45, 2.75) is 52.4 Å². The third kappa shape index (κ3) is 3.49. The van der Waals surface area contributed by atoms with Crippen molar-refractivity contribution in [3.05, 3.63) is 29.8 Å². The SMILES string of the molecule is CC(C)(C)CCCC1CCNc2ccccc21. The fourth-order valence-corrected chi connectivity index (χ4v) is 2.73. The molecule has 0 radical (unpaired) electrons. The van der Waals surface area contributed by atoms with Gasteiger partial charge in [-0.05, 0) is 42.2 Å². The molecule has 0 saturated heterocycles. The zero-order valence-corrected chi connectivity index (χ0v) is 11.4. The van der Waals surface area contributed by atoms with Crippen molar-refractivity contribution < 1.29 is 0 Å². The van der Waals surface area contributed by atoms with E-state index in [1.165, 1.54) is 36.9 Å². The fraction of sp³-hybridized carbons (Fsp3) is 0.625. The molecule has 1 aromatic carbocycles. The van der Waals surface area contributed by atoms with E-state index in [4.69, 9.17) is 0 Å². The molecule has 1 aromatic rings. The van der Waals surface area contributed by atoms with Crippen LogP contribution in [0.25, 0.3) is 0 Å². The van der Waals surface area contributed by atoms with E-state index in [1.807, 2.05) is 0 Å². The smallest absolute Gasteiger partial charge is 0.0375 e. The monoisotopic (exact) mass is 231 g/mol. The van der Waals surface area contributed by atoms with E-state index in [-0.39, 0.29) is 0 Å². The molecule has 1 unspecified atom stereocenters. The van der Waals surface area contributed by atoms with E-state index in [0.29, 0.717) is 5.41 Å². The fourth-order valence-electron chi connectivity index (χ4n) is 2.73. The van der Waals surface area contributed by atoms with Crippen molar-refractivity contribution in [3.63, 3.8) is 0 Å². The van der Waals surface area contributed by atoms with Crippen molar-refractivity contribution >= 4 is 5.69 Å². The Balaban J connectivity index is 1.95. The number of hydrogen-bond donors (Lipinski definition) is 1. The molecular formula is C16H25N. The molecule has 2 rings (SSSR count). The summed E-state index contributed by atoms with van der Waals surface area (Å²) >= 11 is 0. The van der Waals surface area contributed by atoms with E-state index in [9.17, 15) is 0 Å². The van der Waals surface area contributed by atoms with E-state index < -0.39 is 0 Å². The highest BCUT2D eigenvalue weighted by Gasteiger charge is 2.20. The largest absolute Gasteiger partial charge is 0.385 e. The molecule has 1 N–H and O–H groups in total. The van der Waals surface area contributed by atoms with Gasteiger partial charge in [0.05, 0.1) is 0 Å². The standard InChI is InChI=1S/C16H25N/c1-16(2,3)11-6-7-13-10-12-17-15-9-5-4-8-14(13)15/h4-5,8-9,13,17H,6-7,10-12H2,1-3H3. The highest BCUT2D eigenvalue weighted by Crippen LogP contribution is 2.35. The molecule has 1 heteroatoms. The molecule has 0 fully saturated rings. The summed E-state index contributed by atoms with van der Waals surface area (Å²) in [7, 11) is 0. The van der Waals surface area contributed by atoms with Crippen LogP contribution in [-0.2, 0) is 0 Å². The second kappa shape index (κ2) is 5.12. The van der Waals surface area contributed by atoms with Crippen LogP contribution in [0.15, 0.2) is 24.3 Å². The number of anilines is 1. The summed E-state index contributed by atoms with van der Waals surface area (Å²) in [6.07, 6.45) is 5.32. The van der Waals surface area contributed by atoms with Gasteiger partial charge in [-0.2, -0.15) is 0 Å². The molecule has 0 amide bonds. The zero-order valence-electron chi connectivity index (χ0n) is 11.4. The van der Waals surface area contributed by atoms with Gasteiger partial charge in [0.1, 0.15) is 0 Å². The molecule has 1 aliphatic rings. The Labute approximate surface area is 106 Å². The Morgan fingerprint density at radius 3 is 2.76 bits per heavy atom. The van der Waals surface area contributed by atoms with E-state index >= 15 is 0 Å². The topological polar surface area (TPSA) is 12.0 Å². The van der Waals surface area contributed by atoms with E-state index in [2.05, 4.69) is 50.4 Å². The Kier molecular flexibility index (Phi) is 3.76. The predicted molar refractivity (Wildman–Crippen MR) is 75.6 cm³/mol. The van der Waals surface area contributed by atoms with Crippen molar-refractivity contribution in [2.24, 2.45) is 5.41 Å². The zero-order chi connectivity index (χ0) is 12.3. The van der Waals surface area contributed by atoms with Crippen LogP contribution < -0.4 is 5.32 Å². The van der Waals surface area contributed by atoms with Gasteiger partial charge in [-0.15, -0.1) is 0 Å². The van der Waals surface area contributed by atoms with Gasteiger partial charge in [-0.1, -0.05) is 45.4 Å². The highest BCUT2D eigenvalue weighted by molar-refractivity contribution is 5.54. The van der Waals surface area contributed by atoms with Gasteiger partial charge in [0.2, 0.25) is 0 Å². The van der Waals surface area contributed by atoms with Crippen molar-refractivity contribution in [1.29, 1.82) is 0 Å². The van der Waals surface area contributed by atoms with Crippen LogP contribution in [0, 0.1) is 5.41 Å². The van der Waals surface area contributed by atoms with Crippen LogP contribution in [0.1, 0.15) is 57.9 Å². The van der Waals surface area contributed by atoms with E-state index in [0.717, 1.165) is 12.5 Å². The van der Waals surface area contributed by atoms with Gasteiger partial charge in [0.15, 0.2) is 0 Å². The van der Waals surface area contributed by atoms with Gasteiger partial charge in [0.25, 0.3) is 0 Å². The molecule has 0 aromatic heterocycles. The van der Waals surface area contributed by atoms with Crippen molar-refractivity contribution in [2.75, 3.05) is 11.9 Å². The van der Waals surface area contributed by atoms with Gasteiger partial charge in [-0.3, -0.25) is 0 Å².